The minimum atomic E-state index is -3.94. The van der Waals surface area contributed by atoms with Gasteiger partial charge in [0.05, 0.1) is 0 Å². The van der Waals surface area contributed by atoms with Crippen molar-refractivity contribution >= 4 is 27.3 Å². The summed E-state index contributed by atoms with van der Waals surface area (Å²) in [4.78, 5) is 35.4. The van der Waals surface area contributed by atoms with Gasteiger partial charge in [0, 0.05) is 43.2 Å². The van der Waals surface area contributed by atoms with Crippen LogP contribution in [0.5, 0.6) is 0 Å². The number of pyridine rings is 1. The molecule has 0 bridgehead atoms. The summed E-state index contributed by atoms with van der Waals surface area (Å²) in [6.07, 6.45) is 1.40. The number of anilines is 1. The van der Waals surface area contributed by atoms with Gasteiger partial charge in [0.1, 0.15) is 5.82 Å². The first-order chi connectivity index (χ1) is 13.9. The quantitative estimate of drug-likeness (QED) is 0.440. The Hall–Kier alpha value is -3.05. The number of sulfone groups is 1. The second-order valence-electron chi connectivity index (χ2n) is 7.02. The zero-order chi connectivity index (χ0) is 22.7. The Bertz CT molecular complexity index is 1130. The van der Waals surface area contributed by atoms with Gasteiger partial charge in [-0.2, -0.15) is 0 Å². The van der Waals surface area contributed by atoms with Crippen LogP contribution in [0.25, 0.3) is 11.1 Å². The Morgan fingerprint density at radius 3 is 2.33 bits per heavy atom. The lowest BCUT2D eigenvalue weighted by Gasteiger charge is -2.25. The zero-order valence-electron chi connectivity index (χ0n) is 16.6. The van der Waals surface area contributed by atoms with E-state index in [1.54, 1.807) is 24.3 Å². The molecule has 1 heterocycles. The van der Waals surface area contributed by atoms with Gasteiger partial charge in [-0.3, -0.25) is 19.6 Å². The average Bonchev–Trinajstić information content (AvgIpc) is 2.66. The molecule has 11 heteroatoms. The van der Waals surface area contributed by atoms with Crippen LogP contribution in [0.2, 0.25) is 0 Å². The number of carbonyl (C=O) groups is 2. The number of rotatable bonds is 7. The summed E-state index contributed by atoms with van der Waals surface area (Å²) in [5.74, 6) is -2.13. The number of aromatic nitrogens is 1. The molecule has 0 spiro atoms. The molecule has 2 amide bonds. The Kier molecular flexibility index (Phi) is 6.78. The van der Waals surface area contributed by atoms with Gasteiger partial charge in [-0.1, -0.05) is 12.1 Å². The molecule has 0 saturated carbocycles. The Morgan fingerprint density at radius 2 is 1.83 bits per heavy atom. The third-order valence-corrected chi connectivity index (χ3v) is 6.85. The molecule has 3 N–H and O–H groups in total. The van der Waals surface area contributed by atoms with Crippen molar-refractivity contribution in [1.29, 1.82) is 0 Å². The second kappa shape index (κ2) is 8.76. The molecule has 9 nitrogen and oxygen atoms in total. The van der Waals surface area contributed by atoms with Crippen molar-refractivity contribution in [2.45, 2.75) is 31.6 Å². The summed E-state index contributed by atoms with van der Waals surface area (Å²) >= 11 is 0. The van der Waals surface area contributed by atoms with Gasteiger partial charge in [0.25, 0.3) is 11.5 Å². The van der Waals surface area contributed by atoms with Crippen LogP contribution in [0.4, 0.5) is 10.1 Å². The number of halogens is 1. The number of benzene rings is 1. The molecule has 1 unspecified atom stereocenters. The summed E-state index contributed by atoms with van der Waals surface area (Å²) in [7, 11) is -3.94. The molecule has 0 aliphatic carbocycles. The molecule has 1 atom stereocenters. The molecular formula is C19H22FN3O6S. The molecule has 2 aromatic rings. The number of carbonyl (C=O) groups excluding carboxylic acids is 2. The Labute approximate surface area is 172 Å². The largest absolute Gasteiger partial charge is 0.326 e. The lowest BCUT2D eigenvalue weighted by atomic mass is 10.0. The molecule has 0 aliphatic rings. The van der Waals surface area contributed by atoms with Crippen LogP contribution in [-0.4, -0.2) is 41.0 Å². The fraction of sp³-hybridized carbons (Fsp3) is 0.316. The Morgan fingerprint density at radius 1 is 1.23 bits per heavy atom. The first kappa shape index (κ1) is 23.2. The van der Waals surface area contributed by atoms with Crippen molar-refractivity contribution < 1.29 is 27.6 Å². The fourth-order valence-electron chi connectivity index (χ4n) is 2.80. The number of hydrogen-bond acceptors (Lipinski definition) is 6. The van der Waals surface area contributed by atoms with Crippen LogP contribution < -0.4 is 16.4 Å². The molecule has 0 saturated heterocycles. The predicted octanol–water partition coefficient (Wildman–Crippen LogP) is 1.31. The van der Waals surface area contributed by atoms with Gasteiger partial charge in [0.15, 0.2) is 14.6 Å². The third-order valence-electron chi connectivity index (χ3n) is 4.82. The maximum absolute atomic E-state index is 14.6. The number of hydrogen-bond donors (Lipinski definition) is 3. The number of hydroxylamine groups is 1. The van der Waals surface area contributed by atoms with Gasteiger partial charge in [-0.05, 0) is 31.0 Å². The molecule has 2 rings (SSSR count). The van der Waals surface area contributed by atoms with Crippen molar-refractivity contribution in [1.82, 2.24) is 10.0 Å². The van der Waals surface area contributed by atoms with E-state index >= 15 is 0 Å². The van der Waals surface area contributed by atoms with E-state index in [-0.39, 0.29) is 24.4 Å². The molecule has 1 aromatic carbocycles. The van der Waals surface area contributed by atoms with E-state index in [0.29, 0.717) is 11.3 Å². The van der Waals surface area contributed by atoms with Crippen molar-refractivity contribution in [2.75, 3.05) is 11.6 Å². The number of amides is 2. The number of nitrogens with zero attached hydrogens (tertiary/aromatic N) is 1. The highest BCUT2D eigenvalue weighted by Gasteiger charge is 2.43. The van der Waals surface area contributed by atoms with Crippen LogP contribution in [0, 0.1) is 5.82 Å². The van der Waals surface area contributed by atoms with E-state index in [9.17, 15) is 27.2 Å². The lowest BCUT2D eigenvalue weighted by molar-refractivity contribution is -0.131. The van der Waals surface area contributed by atoms with Crippen LogP contribution >= 0.6 is 0 Å². The highest BCUT2D eigenvalue weighted by atomic mass is 32.2. The maximum Gasteiger partial charge on any atom is 0.264 e. The monoisotopic (exact) mass is 439 g/mol. The molecule has 0 fully saturated rings. The maximum atomic E-state index is 14.6. The molecule has 0 radical (unpaired) electrons. The molecular weight excluding hydrogens is 417 g/mol. The number of nitrogens with one attached hydrogen (secondary N) is 2. The van der Waals surface area contributed by atoms with Crippen LogP contribution in [-0.2, 0) is 26.0 Å². The molecule has 30 heavy (non-hydrogen) atoms. The summed E-state index contributed by atoms with van der Waals surface area (Å²) in [6.45, 7) is 2.20. The minimum Gasteiger partial charge on any atom is -0.326 e. The van der Waals surface area contributed by atoms with Gasteiger partial charge in [-0.15, -0.1) is 0 Å². The van der Waals surface area contributed by atoms with E-state index in [1.807, 2.05) is 0 Å². The fourth-order valence-corrected chi connectivity index (χ4v) is 3.64. The van der Waals surface area contributed by atoms with Crippen LogP contribution in [0.3, 0.4) is 0 Å². The smallest absolute Gasteiger partial charge is 0.264 e. The van der Waals surface area contributed by atoms with Crippen molar-refractivity contribution in [3.63, 3.8) is 0 Å². The summed E-state index contributed by atoms with van der Waals surface area (Å²) in [6, 6.07) is 7.27. The van der Waals surface area contributed by atoms with Crippen molar-refractivity contribution in [3.8, 4) is 11.1 Å². The summed E-state index contributed by atoms with van der Waals surface area (Å²) in [5, 5.41) is 11.4. The van der Waals surface area contributed by atoms with Gasteiger partial charge >= 0.3 is 0 Å². The third kappa shape index (κ3) is 4.92. The minimum absolute atomic E-state index is 0.0320. The van der Waals surface area contributed by atoms with Gasteiger partial charge < -0.3 is 9.88 Å². The van der Waals surface area contributed by atoms with Gasteiger partial charge in [-0.25, -0.2) is 18.3 Å². The van der Waals surface area contributed by atoms with E-state index in [0.717, 1.165) is 30.0 Å². The van der Waals surface area contributed by atoms with E-state index in [1.165, 1.54) is 12.4 Å². The summed E-state index contributed by atoms with van der Waals surface area (Å²) in [5.41, 5.74) is 1.67. The van der Waals surface area contributed by atoms with E-state index in [4.69, 9.17) is 5.21 Å². The standard InChI is InChI=1S/C19H22FN3O6S/c1-12(24)21-14-6-4-13(5-7-14)15-10-17(25)23(11-16(15)20)9-8-19(2,18(26)22-27)30(3,28)29/h4-7,10-11,27H,8-9H2,1-3H3,(H,21,24)(H,22,26). The number of aryl methyl sites for hydroxylation is 1. The Balaban J connectivity index is 2.31. The SMILES string of the molecule is CC(=O)Nc1ccc(-c2cc(=O)n(CCC(C)(C(=O)NO)S(C)(=O)=O)cc2F)cc1. The highest BCUT2D eigenvalue weighted by Crippen LogP contribution is 2.25. The van der Waals surface area contributed by atoms with Crippen molar-refractivity contribution in [3.05, 3.63) is 52.7 Å². The predicted molar refractivity (Wildman–Crippen MR) is 108 cm³/mol. The molecule has 1 aromatic heterocycles. The normalized spacial score (nSPS) is 13.4. The first-order valence-electron chi connectivity index (χ1n) is 8.81. The van der Waals surface area contributed by atoms with Crippen LogP contribution in [0.15, 0.2) is 41.3 Å². The molecule has 0 aliphatic heterocycles. The van der Waals surface area contributed by atoms with Crippen LogP contribution in [0.1, 0.15) is 20.3 Å². The highest BCUT2D eigenvalue weighted by molar-refractivity contribution is 7.92. The topological polar surface area (TPSA) is 135 Å². The van der Waals surface area contributed by atoms with E-state index < -0.39 is 31.9 Å². The zero-order valence-corrected chi connectivity index (χ0v) is 17.4. The summed E-state index contributed by atoms with van der Waals surface area (Å²) < 4.78 is 37.6. The average molecular weight is 439 g/mol. The molecule has 162 valence electrons. The first-order valence-corrected chi connectivity index (χ1v) is 10.7. The van der Waals surface area contributed by atoms with E-state index in [2.05, 4.69) is 5.32 Å². The van der Waals surface area contributed by atoms with Crippen molar-refractivity contribution in [2.24, 2.45) is 0 Å². The lowest BCUT2D eigenvalue weighted by Crippen LogP contribution is -2.50. The van der Waals surface area contributed by atoms with Gasteiger partial charge in [0.2, 0.25) is 5.91 Å². The second-order valence-corrected chi connectivity index (χ2v) is 9.46.